The number of carbonyl (C=O) groups excluding carboxylic acids is 6. The van der Waals surface area contributed by atoms with Crippen LogP contribution in [-0.4, -0.2) is 148 Å². The minimum absolute atomic E-state index is 0.0274. The molecule has 0 heterocycles. The maximum absolute atomic E-state index is 12.6. The highest BCUT2D eigenvalue weighted by Gasteiger charge is 2.41. The van der Waals surface area contributed by atoms with Gasteiger partial charge in [-0.05, 0) is 41.5 Å². The van der Waals surface area contributed by atoms with Crippen LogP contribution < -0.4 is 27.8 Å². The van der Waals surface area contributed by atoms with Crippen LogP contribution >= 0.6 is 47.8 Å². The van der Waals surface area contributed by atoms with E-state index >= 15 is 0 Å². The summed E-state index contributed by atoms with van der Waals surface area (Å²) in [6.07, 6.45) is 2.50. The lowest BCUT2D eigenvalue weighted by Gasteiger charge is -2.34. The second kappa shape index (κ2) is 47.5. The normalized spacial score (nSPS) is 10.9. The molecule has 378 valence electrons. The first-order valence-electron chi connectivity index (χ1n) is 20.7. The van der Waals surface area contributed by atoms with Gasteiger partial charge in [0.15, 0.2) is 5.96 Å². The van der Waals surface area contributed by atoms with Gasteiger partial charge in [0, 0.05) is 13.1 Å². The third-order valence-electron chi connectivity index (χ3n) is 5.92. The number of nitrogens with zero attached hydrogens (tertiary/aromatic N) is 1. The molecule has 22 heteroatoms. The van der Waals surface area contributed by atoms with Gasteiger partial charge in [-0.25, -0.2) is 0 Å². The minimum Gasteiger partial charge on any atom is -0.464 e. The average molecular weight is 1110 g/mol. The van der Waals surface area contributed by atoms with E-state index in [1.807, 2.05) is 34.5 Å². The molecular formula is C41H84Br3FN6O12. The summed E-state index contributed by atoms with van der Waals surface area (Å²) in [6.45, 7) is 27.6. The average Bonchev–Trinajstić information content (AvgIpc) is 3.22. The largest absolute Gasteiger partial charge is 0.464 e. The molecule has 0 bridgehead atoms. The quantitative estimate of drug-likeness (QED) is 0.0194. The summed E-state index contributed by atoms with van der Waals surface area (Å²) < 4.78 is 39.4. The van der Waals surface area contributed by atoms with E-state index in [9.17, 15) is 28.4 Å². The Bertz CT molecular complexity index is 1090. The van der Waals surface area contributed by atoms with Gasteiger partial charge in [0.05, 0.1) is 52.2 Å². The van der Waals surface area contributed by atoms with E-state index < -0.39 is 60.8 Å². The molecule has 0 aliphatic rings. The van der Waals surface area contributed by atoms with Crippen LogP contribution in [0.1, 0.15) is 110 Å². The Kier molecular flexibility index (Phi) is 56.4. The number of alkyl halides is 4. The van der Waals surface area contributed by atoms with Crippen molar-refractivity contribution in [2.75, 3.05) is 86.3 Å². The van der Waals surface area contributed by atoms with Crippen molar-refractivity contribution in [3.63, 3.8) is 0 Å². The Morgan fingerprint density at radius 3 is 1.24 bits per heavy atom. The molecule has 0 rings (SSSR count). The van der Waals surface area contributed by atoms with Crippen LogP contribution in [0.25, 0.3) is 0 Å². The van der Waals surface area contributed by atoms with Crippen molar-refractivity contribution in [1.29, 1.82) is 0 Å². The number of halogens is 4. The summed E-state index contributed by atoms with van der Waals surface area (Å²) in [5.41, 5.74) is 14.7. The third kappa shape index (κ3) is 50.4. The molecule has 18 nitrogen and oxygen atoms in total. The van der Waals surface area contributed by atoms with Crippen molar-refractivity contribution in [2.45, 2.75) is 129 Å². The number of nitrogens with two attached hydrogens (primary N) is 3. The fourth-order valence-corrected chi connectivity index (χ4v) is 3.42. The molecular weight excluding hydrogens is 1030 g/mol. The Hall–Kier alpha value is -2.50. The lowest BCUT2D eigenvalue weighted by atomic mass is 9.92. The summed E-state index contributed by atoms with van der Waals surface area (Å²) in [7, 11) is 0.500. The second-order valence-electron chi connectivity index (χ2n) is 13.8. The Balaban J connectivity index is -0.000000399. The minimum atomic E-state index is -1.36. The van der Waals surface area contributed by atoms with Crippen molar-refractivity contribution in [1.82, 2.24) is 10.6 Å². The van der Waals surface area contributed by atoms with Crippen LogP contribution in [0.2, 0.25) is 0 Å². The van der Waals surface area contributed by atoms with Crippen LogP contribution in [0.3, 0.4) is 0 Å². The molecule has 8 N–H and O–H groups in total. The zero-order valence-electron chi connectivity index (χ0n) is 40.8. The van der Waals surface area contributed by atoms with Gasteiger partial charge < -0.3 is 61.1 Å². The van der Waals surface area contributed by atoms with Crippen molar-refractivity contribution in [2.24, 2.45) is 27.6 Å². The number of carbonyl (C=O) groups is 6. The first kappa shape index (κ1) is 74.8. The van der Waals surface area contributed by atoms with E-state index in [1.165, 1.54) is 12.8 Å². The molecule has 0 fully saturated rings. The smallest absolute Gasteiger partial charge is 0.322 e. The number of esters is 3. The molecule has 0 aromatic rings. The topological polar surface area (TPSA) is 272 Å². The molecule has 0 aromatic heterocycles. The number of nitrogens with one attached hydrogen (secondary N) is 2. The molecule has 63 heavy (non-hydrogen) atoms. The number of hydrogen-bond donors (Lipinski definition) is 5. The zero-order valence-corrected chi connectivity index (χ0v) is 45.5. The molecule has 0 aliphatic carbocycles. The molecule has 0 spiro atoms. The van der Waals surface area contributed by atoms with Gasteiger partial charge in [0.2, 0.25) is 11.8 Å². The van der Waals surface area contributed by atoms with E-state index in [0.717, 1.165) is 0 Å². The highest BCUT2D eigenvalue weighted by molar-refractivity contribution is 9.10. The number of hydrogen-bond acceptors (Lipinski definition) is 14. The lowest BCUT2D eigenvalue weighted by molar-refractivity contribution is -0.170. The fourth-order valence-electron chi connectivity index (χ4n) is 3.08. The third-order valence-corrected chi connectivity index (χ3v) is 6.89. The predicted octanol–water partition coefficient (Wildman–Crippen LogP) is 5.29. The van der Waals surface area contributed by atoms with Crippen molar-refractivity contribution < 1.29 is 61.6 Å². The maximum Gasteiger partial charge on any atom is 0.322 e. The molecule has 0 aliphatic heterocycles. The van der Waals surface area contributed by atoms with E-state index in [4.69, 9.17) is 50.4 Å². The summed E-state index contributed by atoms with van der Waals surface area (Å²) in [5, 5.41) is 5.24. The van der Waals surface area contributed by atoms with Crippen LogP contribution in [-0.2, 0) is 57.2 Å². The molecule has 0 aromatic carbocycles. The van der Waals surface area contributed by atoms with Crippen LogP contribution in [0.4, 0.5) is 4.39 Å². The number of ether oxygens (including phenoxy) is 6. The fraction of sp³-hybridized carbons (Fsp3) is 0.829. The Morgan fingerprint density at radius 1 is 0.619 bits per heavy atom. The molecule has 0 radical (unpaired) electrons. The van der Waals surface area contributed by atoms with Crippen LogP contribution in [0, 0.1) is 5.41 Å². The maximum atomic E-state index is 12.6. The molecule has 1 atom stereocenters. The van der Waals surface area contributed by atoms with Gasteiger partial charge in [0.25, 0.3) is 0 Å². The standard InChI is InChI=1S/C29H51Br3N6O11.2C3H8.2C2H6.CH3F.CH2O/c1-26(2,30)22(41)47-16-29(17-48-23(42)27(3,4)31,18-49-24(43)28(5,6)32)15-46-14-20(39)36-7-9-44-11-12-45-10-8-37-21(40)19(33)13-38-25(34)35;2*1-3-2;4*1-2/h19H,7-18,33H2,1-6H3,(H,36,39)(H,37,40)(H4,34,35,38);2*3H2,1-2H3;2*1-2H3;1H3;1H2. The van der Waals surface area contributed by atoms with Crippen molar-refractivity contribution in [3.05, 3.63) is 0 Å². The number of aliphatic imine (C=N–C) groups is 1. The predicted molar refractivity (Wildman–Crippen MR) is 260 cm³/mol. The highest BCUT2D eigenvalue weighted by Crippen LogP contribution is 2.27. The molecule has 0 saturated heterocycles. The first-order chi connectivity index (χ1) is 29.3. The van der Waals surface area contributed by atoms with Gasteiger partial charge in [-0.1, -0.05) is 116 Å². The van der Waals surface area contributed by atoms with Gasteiger partial charge in [0.1, 0.15) is 52.2 Å². The van der Waals surface area contributed by atoms with Crippen molar-refractivity contribution in [3.8, 4) is 0 Å². The monoisotopic (exact) mass is 1110 g/mol. The van der Waals surface area contributed by atoms with E-state index in [-0.39, 0.29) is 78.4 Å². The van der Waals surface area contributed by atoms with Gasteiger partial charge in [-0.2, -0.15) is 0 Å². The summed E-state index contributed by atoms with van der Waals surface area (Å²) in [5.74, 6) is -2.90. The molecule has 2 amide bonds. The first-order valence-corrected chi connectivity index (χ1v) is 23.0. The molecule has 0 saturated carbocycles. The number of rotatable bonds is 25. The molecule has 1 unspecified atom stereocenters. The van der Waals surface area contributed by atoms with Crippen LogP contribution in [0.5, 0.6) is 0 Å². The van der Waals surface area contributed by atoms with Crippen molar-refractivity contribution >= 4 is 90.3 Å². The zero-order chi connectivity index (χ0) is 51.3. The Morgan fingerprint density at radius 2 is 0.937 bits per heavy atom. The number of guanidine groups is 1. The summed E-state index contributed by atoms with van der Waals surface area (Å²) >= 11 is 9.73. The van der Waals surface area contributed by atoms with Gasteiger partial charge in [-0.3, -0.25) is 33.4 Å². The number of amides is 2. The highest BCUT2D eigenvalue weighted by atomic mass is 79.9. The van der Waals surface area contributed by atoms with Gasteiger partial charge in [-0.15, -0.1) is 0 Å². The summed E-state index contributed by atoms with van der Waals surface area (Å²) in [6, 6.07) is -0.877. The van der Waals surface area contributed by atoms with Gasteiger partial charge >= 0.3 is 17.9 Å². The lowest BCUT2D eigenvalue weighted by Crippen LogP contribution is -2.47. The van der Waals surface area contributed by atoms with E-state index in [2.05, 4.69) is 91.1 Å². The Labute approximate surface area is 403 Å². The van der Waals surface area contributed by atoms with E-state index in [1.54, 1.807) is 41.5 Å². The SMILES string of the molecule is C=O.CC.CC.CC(C)(Br)C(=O)OCC(COCC(=O)NCCOCCOCCNC(=O)C(N)CN=C(N)N)(COC(=O)C(C)(C)Br)COC(=O)C(C)(C)Br.CCC.CCC.CF. The second-order valence-corrected chi connectivity index (χ2v) is 19.7. The van der Waals surface area contributed by atoms with E-state index in [0.29, 0.717) is 7.18 Å². The summed E-state index contributed by atoms with van der Waals surface area (Å²) in [4.78, 5) is 73.7. The van der Waals surface area contributed by atoms with Crippen LogP contribution in [0.15, 0.2) is 4.99 Å².